The molecule has 0 radical (unpaired) electrons. The molecular weight excluding hydrogens is 114 g/mol. The van der Waals surface area contributed by atoms with Crippen LogP contribution in [0, 0.1) is 23.2 Å². The van der Waals surface area contributed by atoms with E-state index in [1.165, 1.54) is 0 Å². The van der Waals surface area contributed by atoms with Gasteiger partial charge in [-0.2, -0.15) is 5.26 Å². The van der Waals surface area contributed by atoms with Crippen LogP contribution in [0.1, 0.15) is 19.8 Å². The lowest BCUT2D eigenvalue weighted by Gasteiger charge is -2.03. The van der Waals surface area contributed by atoms with Gasteiger partial charge in [-0.05, 0) is 18.8 Å². The highest BCUT2D eigenvalue weighted by atomic mass is 16.3. The Balaban J connectivity index is 2.46. The molecule has 2 nitrogen and oxygen atoms in total. The monoisotopic (exact) mass is 125 g/mol. The maximum Gasteiger partial charge on any atom is 0.0656 e. The van der Waals surface area contributed by atoms with Crippen molar-refractivity contribution in [1.82, 2.24) is 0 Å². The molecule has 0 aromatic carbocycles. The summed E-state index contributed by atoms with van der Waals surface area (Å²) in [6.45, 7) is 1.99. The normalized spacial score (nSPS) is 42.6. The van der Waals surface area contributed by atoms with Crippen LogP contribution >= 0.6 is 0 Å². The Kier molecular flexibility index (Phi) is 1.73. The third kappa shape index (κ3) is 1.22. The number of rotatable bonds is 0. The van der Waals surface area contributed by atoms with Gasteiger partial charge in [0.05, 0.1) is 12.2 Å². The Labute approximate surface area is 55.1 Å². The molecule has 0 heterocycles. The lowest BCUT2D eigenvalue weighted by molar-refractivity contribution is 0.140. The molecule has 0 aromatic heterocycles. The average Bonchev–Trinajstić information content (AvgIpc) is 2.13. The number of nitrogens with zero attached hydrogens (tertiary/aromatic N) is 1. The van der Waals surface area contributed by atoms with Crippen LogP contribution in [0.2, 0.25) is 0 Å². The van der Waals surface area contributed by atoms with Crippen molar-refractivity contribution < 1.29 is 5.11 Å². The van der Waals surface area contributed by atoms with Crippen molar-refractivity contribution in [3.8, 4) is 6.07 Å². The number of hydrogen-bond donors (Lipinski definition) is 1. The summed E-state index contributed by atoms with van der Waals surface area (Å²) in [5, 5.41) is 17.6. The molecule has 0 spiro atoms. The van der Waals surface area contributed by atoms with Gasteiger partial charge in [-0.15, -0.1) is 0 Å². The number of aliphatic hydroxyl groups excluding tert-OH is 1. The topological polar surface area (TPSA) is 44.0 Å². The van der Waals surface area contributed by atoms with Crippen molar-refractivity contribution in [3.63, 3.8) is 0 Å². The second kappa shape index (κ2) is 2.36. The smallest absolute Gasteiger partial charge is 0.0656 e. The lowest BCUT2D eigenvalue weighted by Crippen LogP contribution is -2.07. The molecule has 0 aliphatic heterocycles. The summed E-state index contributed by atoms with van der Waals surface area (Å²) in [6, 6.07) is 2.16. The van der Waals surface area contributed by atoms with Gasteiger partial charge in [0.25, 0.3) is 0 Å². The molecular formula is C7H11NO. The summed E-state index contributed by atoms with van der Waals surface area (Å²) < 4.78 is 0. The van der Waals surface area contributed by atoms with E-state index in [0.29, 0.717) is 12.3 Å². The predicted octanol–water partition coefficient (Wildman–Crippen LogP) is 0.917. The Bertz CT molecular complexity index is 128. The van der Waals surface area contributed by atoms with Crippen LogP contribution in [0.5, 0.6) is 0 Å². The zero-order valence-electron chi connectivity index (χ0n) is 5.54. The summed E-state index contributed by atoms with van der Waals surface area (Å²) in [6.07, 6.45) is 1.32. The Morgan fingerprint density at radius 2 is 2.22 bits per heavy atom. The quantitative estimate of drug-likeness (QED) is 0.523. The molecule has 0 aromatic rings. The predicted molar refractivity (Wildman–Crippen MR) is 33.5 cm³/mol. The fourth-order valence-corrected chi connectivity index (χ4v) is 1.33. The maximum atomic E-state index is 9.15. The van der Waals surface area contributed by atoms with Gasteiger partial charge >= 0.3 is 0 Å². The molecule has 3 atom stereocenters. The van der Waals surface area contributed by atoms with E-state index in [0.717, 1.165) is 6.42 Å². The Hall–Kier alpha value is -0.550. The number of aliphatic hydroxyl groups is 1. The van der Waals surface area contributed by atoms with Crippen molar-refractivity contribution in [1.29, 1.82) is 5.26 Å². The molecule has 1 N–H and O–H groups in total. The SMILES string of the molecule is C[C@H]1C[C@@H](C#N)C[C@H]1O. The van der Waals surface area contributed by atoms with E-state index in [4.69, 9.17) is 10.4 Å². The highest BCUT2D eigenvalue weighted by Gasteiger charge is 2.29. The van der Waals surface area contributed by atoms with Gasteiger partial charge in [0, 0.05) is 5.92 Å². The molecule has 1 saturated carbocycles. The first-order chi connectivity index (χ1) is 4.24. The van der Waals surface area contributed by atoms with Gasteiger partial charge in [-0.3, -0.25) is 0 Å². The van der Waals surface area contributed by atoms with E-state index in [1.54, 1.807) is 0 Å². The fraction of sp³-hybridized carbons (Fsp3) is 0.857. The summed E-state index contributed by atoms with van der Waals surface area (Å²) in [5.74, 6) is 0.435. The molecule has 9 heavy (non-hydrogen) atoms. The van der Waals surface area contributed by atoms with Crippen molar-refractivity contribution in [2.45, 2.75) is 25.9 Å². The zero-order valence-corrected chi connectivity index (χ0v) is 5.54. The van der Waals surface area contributed by atoms with Gasteiger partial charge in [0.2, 0.25) is 0 Å². The Morgan fingerprint density at radius 3 is 2.44 bits per heavy atom. The lowest BCUT2D eigenvalue weighted by atomic mass is 10.1. The van der Waals surface area contributed by atoms with Crippen LogP contribution in [0.15, 0.2) is 0 Å². The largest absolute Gasteiger partial charge is 0.393 e. The minimum atomic E-state index is -0.227. The maximum absolute atomic E-state index is 9.15. The van der Waals surface area contributed by atoms with Gasteiger partial charge in [0.15, 0.2) is 0 Å². The van der Waals surface area contributed by atoms with Gasteiger partial charge in [0.1, 0.15) is 0 Å². The van der Waals surface area contributed by atoms with E-state index in [1.807, 2.05) is 6.92 Å². The third-order valence-corrected chi connectivity index (χ3v) is 2.02. The standard InChI is InChI=1S/C7H11NO/c1-5-2-6(4-8)3-7(5)9/h5-7,9H,2-3H2,1H3/t5-,6+,7+/m0/s1. The molecule has 0 saturated heterocycles. The third-order valence-electron chi connectivity index (χ3n) is 2.02. The van der Waals surface area contributed by atoms with Crippen LogP contribution in [0.3, 0.4) is 0 Å². The minimum Gasteiger partial charge on any atom is -0.393 e. The van der Waals surface area contributed by atoms with Crippen LogP contribution in [0.25, 0.3) is 0 Å². The molecule has 1 fully saturated rings. The first kappa shape index (κ1) is 6.57. The van der Waals surface area contributed by atoms with E-state index < -0.39 is 0 Å². The van der Waals surface area contributed by atoms with Crippen LogP contribution < -0.4 is 0 Å². The average molecular weight is 125 g/mol. The van der Waals surface area contributed by atoms with Crippen LogP contribution in [-0.4, -0.2) is 11.2 Å². The van der Waals surface area contributed by atoms with Crippen LogP contribution in [-0.2, 0) is 0 Å². The van der Waals surface area contributed by atoms with Gasteiger partial charge in [-0.25, -0.2) is 0 Å². The molecule has 0 unspecified atom stereocenters. The number of hydrogen-bond acceptors (Lipinski definition) is 2. The summed E-state index contributed by atoms with van der Waals surface area (Å²) >= 11 is 0. The second-order valence-electron chi connectivity index (χ2n) is 2.84. The van der Waals surface area contributed by atoms with Crippen molar-refractivity contribution in [2.75, 3.05) is 0 Å². The first-order valence-corrected chi connectivity index (χ1v) is 3.31. The van der Waals surface area contributed by atoms with E-state index >= 15 is 0 Å². The first-order valence-electron chi connectivity index (χ1n) is 3.31. The summed E-state index contributed by atoms with van der Waals surface area (Å²) in [5.41, 5.74) is 0. The molecule has 1 aliphatic carbocycles. The molecule has 50 valence electrons. The highest BCUT2D eigenvalue weighted by Crippen LogP contribution is 2.29. The molecule has 1 aliphatic rings. The number of nitriles is 1. The van der Waals surface area contributed by atoms with Gasteiger partial charge in [-0.1, -0.05) is 6.92 Å². The minimum absolute atomic E-state index is 0.106. The summed E-state index contributed by atoms with van der Waals surface area (Å²) in [4.78, 5) is 0. The zero-order chi connectivity index (χ0) is 6.85. The van der Waals surface area contributed by atoms with Gasteiger partial charge < -0.3 is 5.11 Å². The molecule has 1 rings (SSSR count). The Morgan fingerprint density at radius 1 is 1.56 bits per heavy atom. The van der Waals surface area contributed by atoms with E-state index in [2.05, 4.69) is 6.07 Å². The summed E-state index contributed by atoms with van der Waals surface area (Å²) in [7, 11) is 0. The van der Waals surface area contributed by atoms with E-state index in [-0.39, 0.29) is 12.0 Å². The fourth-order valence-electron chi connectivity index (χ4n) is 1.33. The molecule has 0 amide bonds. The van der Waals surface area contributed by atoms with Crippen LogP contribution in [0.4, 0.5) is 0 Å². The molecule has 2 heteroatoms. The highest BCUT2D eigenvalue weighted by molar-refractivity contribution is 4.92. The van der Waals surface area contributed by atoms with Crippen molar-refractivity contribution in [3.05, 3.63) is 0 Å². The van der Waals surface area contributed by atoms with Crippen molar-refractivity contribution >= 4 is 0 Å². The second-order valence-corrected chi connectivity index (χ2v) is 2.84. The molecule has 0 bridgehead atoms. The van der Waals surface area contributed by atoms with E-state index in [9.17, 15) is 0 Å². The van der Waals surface area contributed by atoms with Crippen molar-refractivity contribution in [2.24, 2.45) is 11.8 Å².